The van der Waals surface area contributed by atoms with E-state index in [9.17, 15) is 12.7 Å². The molecule has 0 aromatic rings. The average molecular weight is 258 g/mol. The number of hydrogen-bond acceptors (Lipinski definition) is 3. The summed E-state index contributed by atoms with van der Waals surface area (Å²) in [7, 11) is 0. The Morgan fingerprint density at radius 1 is 1.30 bits per heavy atom. The molecule has 56 valence electrons. The van der Waals surface area contributed by atoms with E-state index in [0.717, 1.165) is 0 Å². The topological polar surface area (TPSA) is 91.7 Å². The molecule has 0 rings (SSSR count). The molecule has 5 nitrogen and oxygen atoms in total. The summed E-state index contributed by atoms with van der Waals surface area (Å²) in [4.78, 5) is 19.8. The van der Waals surface area contributed by atoms with Gasteiger partial charge in [0.2, 0.25) is 0 Å². The van der Waals surface area contributed by atoms with Crippen LogP contribution >= 0.6 is 21.2 Å². The molecule has 0 amide bonds. The molecule has 0 heterocycles. The Kier molecular flexibility index (Phi) is 3.77. The van der Waals surface area contributed by atoms with Crippen LogP contribution in [0.4, 0.5) is 0 Å². The number of hydrogen-bond donors (Lipinski definition) is 2. The number of aliphatic carboxylic acids is 2. The van der Waals surface area contributed by atoms with Gasteiger partial charge in [-0.3, -0.25) is 3.07 Å². The third-order valence-electron chi connectivity index (χ3n) is 0.538. The lowest BCUT2D eigenvalue weighted by Crippen LogP contribution is -1.97. The van der Waals surface area contributed by atoms with Gasteiger partial charge in [-0.05, 0) is 0 Å². The van der Waals surface area contributed by atoms with Crippen molar-refractivity contribution in [3.63, 3.8) is 0 Å². The molecule has 0 spiro atoms. The Bertz CT molecular complexity index is 206. The fraction of sp³-hybridized carbons (Fsp3) is 0. The van der Waals surface area contributed by atoms with Crippen molar-refractivity contribution in [1.29, 1.82) is 0 Å². The maximum Gasteiger partial charge on any atom is 0.344 e. The number of carboxylic acid groups (broad SMARTS) is 2. The Hall–Kier alpha value is -0.790. The lowest BCUT2D eigenvalue weighted by Gasteiger charge is -1.84. The van der Waals surface area contributed by atoms with E-state index in [-0.39, 0.29) is 0 Å². The van der Waals surface area contributed by atoms with Gasteiger partial charge in [-0.2, -0.15) is 0 Å². The van der Waals surface area contributed by atoms with Crippen LogP contribution in [0.15, 0.2) is 9.66 Å². The molecule has 0 bridgehead atoms. The molecule has 0 aliphatic rings. The van der Waals surface area contributed by atoms with Crippen molar-refractivity contribution in [3.8, 4) is 0 Å². The van der Waals surface area contributed by atoms with E-state index >= 15 is 0 Å². The minimum Gasteiger partial charge on any atom is -0.478 e. The predicted molar refractivity (Wildman–Crippen MR) is 38.1 cm³/mol. The largest absolute Gasteiger partial charge is 0.478 e. The number of carbonyl (C=O) groups is 2. The van der Waals surface area contributed by atoms with E-state index in [2.05, 4.69) is 0 Å². The molecule has 0 radical (unpaired) electrons. The summed E-state index contributed by atoms with van der Waals surface area (Å²) in [6.07, 6.45) is 0.433. The summed E-state index contributed by atoms with van der Waals surface area (Å²) >= 11 is -1.90. The lowest BCUT2D eigenvalue weighted by atomic mass is 10.5. The van der Waals surface area contributed by atoms with Gasteiger partial charge in [-0.1, -0.05) is 0 Å². The molecule has 0 fully saturated rings. The van der Waals surface area contributed by atoms with E-state index < -0.39 is 36.7 Å². The highest BCUT2D eigenvalue weighted by Gasteiger charge is 2.08. The standard InChI is InChI=1S/C4H3IO5/c6-3(7)1-2(5-10)4(8)9/h1H,(H,6,7)(H,8,9)/b2-1-. The van der Waals surface area contributed by atoms with Crippen LogP contribution in [0.5, 0.6) is 0 Å². The summed E-state index contributed by atoms with van der Waals surface area (Å²) in [6.45, 7) is 0. The Labute approximate surface area is 66.0 Å². The lowest BCUT2D eigenvalue weighted by molar-refractivity contribution is -0.134. The molecule has 0 aliphatic carbocycles. The highest BCUT2D eigenvalue weighted by molar-refractivity contribution is 14.2. The molecule has 0 saturated carbocycles. The summed E-state index contributed by atoms with van der Waals surface area (Å²) in [5.74, 6) is -2.84. The highest BCUT2D eigenvalue weighted by atomic mass is 127. The molecular weight excluding hydrogens is 255 g/mol. The highest BCUT2D eigenvalue weighted by Crippen LogP contribution is 2.11. The first-order valence-corrected chi connectivity index (χ1v) is 3.99. The quantitative estimate of drug-likeness (QED) is 0.563. The SMILES string of the molecule is O=I/C(=C\C(=O)O)C(=O)O. The summed E-state index contributed by atoms with van der Waals surface area (Å²) in [6, 6.07) is 0. The van der Waals surface area contributed by atoms with Crippen LogP contribution in [-0.2, 0) is 12.7 Å². The molecule has 0 unspecified atom stereocenters. The number of rotatable bonds is 3. The van der Waals surface area contributed by atoms with E-state index in [4.69, 9.17) is 10.2 Å². The van der Waals surface area contributed by atoms with Crippen molar-refractivity contribution in [3.05, 3.63) is 9.66 Å². The van der Waals surface area contributed by atoms with Gasteiger partial charge >= 0.3 is 11.9 Å². The van der Waals surface area contributed by atoms with Gasteiger partial charge in [0.1, 0.15) is 3.58 Å². The molecule has 10 heavy (non-hydrogen) atoms. The van der Waals surface area contributed by atoms with Crippen LogP contribution in [0, 0.1) is 0 Å². The van der Waals surface area contributed by atoms with E-state index in [1.165, 1.54) is 0 Å². The van der Waals surface area contributed by atoms with Crippen molar-refractivity contribution >= 4 is 33.1 Å². The first kappa shape index (κ1) is 9.21. The van der Waals surface area contributed by atoms with Crippen molar-refractivity contribution in [2.75, 3.05) is 0 Å². The van der Waals surface area contributed by atoms with Gasteiger partial charge in [-0.25, -0.2) is 9.59 Å². The summed E-state index contributed by atoms with van der Waals surface area (Å²) in [5, 5.41) is 16.1. The van der Waals surface area contributed by atoms with Crippen LogP contribution in [-0.4, -0.2) is 22.2 Å². The third-order valence-corrected chi connectivity index (χ3v) is 1.78. The zero-order valence-corrected chi connectivity index (χ0v) is 6.73. The van der Waals surface area contributed by atoms with Crippen molar-refractivity contribution in [1.82, 2.24) is 0 Å². The molecule has 0 atom stereocenters. The minimum atomic E-state index is -1.90. The van der Waals surface area contributed by atoms with Crippen LogP contribution in [0.2, 0.25) is 0 Å². The molecule has 6 heteroatoms. The van der Waals surface area contributed by atoms with Gasteiger partial charge in [0.25, 0.3) is 0 Å². The zero-order valence-electron chi connectivity index (χ0n) is 4.57. The molecule has 0 aliphatic heterocycles. The Balaban J connectivity index is 4.49. The fourth-order valence-electron chi connectivity index (χ4n) is 0.225. The number of halogens is 1. The van der Waals surface area contributed by atoms with Crippen molar-refractivity contribution in [2.45, 2.75) is 0 Å². The second-order valence-corrected chi connectivity index (χ2v) is 2.82. The van der Waals surface area contributed by atoms with Crippen molar-refractivity contribution < 1.29 is 22.9 Å². The van der Waals surface area contributed by atoms with Gasteiger partial charge in [0.15, 0.2) is 21.2 Å². The third kappa shape index (κ3) is 3.28. The summed E-state index contributed by atoms with van der Waals surface area (Å²) < 4.78 is 9.47. The predicted octanol–water partition coefficient (Wildman–Crippen LogP) is 0.356. The first-order chi connectivity index (χ1) is 4.57. The van der Waals surface area contributed by atoms with E-state index in [0.29, 0.717) is 6.08 Å². The maximum atomic E-state index is 10.0. The average Bonchev–Trinajstić information content (AvgIpc) is 1.81. The van der Waals surface area contributed by atoms with E-state index in [1.807, 2.05) is 0 Å². The fourth-order valence-corrected chi connectivity index (χ4v) is 0.807. The van der Waals surface area contributed by atoms with Crippen LogP contribution < -0.4 is 0 Å². The van der Waals surface area contributed by atoms with Gasteiger partial charge in [0, 0.05) is 6.08 Å². The number of carboxylic acids is 2. The van der Waals surface area contributed by atoms with Gasteiger partial charge in [0.05, 0.1) is 0 Å². The van der Waals surface area contributed by atoms with Crippen LogP contribution in [0.3, 0.4) is 0 Å². The summed E-state index contributed by atoms with van der Waals surface area (Å²) in [5.41, 5.74) is 0. The van der Waals surface area contributed by atoms with Crippen LogP contribution in [0.25, 0.3) is 0 Å². The molecular formula is C4H3IO5. The molecule has 0 saturated heterocycles. The maximum absolute atomic E-state index is 10.0. The second kappa shape index (κ2) is 4.09. The normalized spacial score (nSPS) is 11.0. The van der Waals surface area contributed by atoms with Gasteiger partial charge in [-0.15, -0.1) is 0 Å². The van der Waals surface area contributed by atoms with Crippen molar-refractivity contribution in [2.24, 2.45) is 0 Å². The van der Waals surface area contributed by atoms with Gasteiger partial charge < -0.3 is 10.2 Å². The molecule has 2 N–H and O–H groups in total. The van der Waals surface area contributed by atoms with E-state index in [1.54, 1.807) is 0 Å². The Morgan fingerprint density at radius 2 is 1.80 bits per heavy atom. The second-order valence-electron chi connectivity index (χ2n) is 1.21. The zero-order chi connectivity index (χ0) is 8.15. The monoisotopic (exact) mass is 258 g/mol. The van der Waals surface area contributed by atoms with Crippen LogP contribution in [0.1, 0.15) is 0 Å². The molecule has 0 aromatic carbocycles. The first-order valence-electron chi connectivity index (χ1n) is 2.03. The smallest absolute Gasteiger partial charge is 0.344 e. The Morgan fingerprint density at radius 3 is 1.90 bits per heavy atom. The minimum absolute atomic E-state index is 0.433. The molecule has 0 aromatic heterocycles.